The Morgan fingerprint density at radius 2 is 1.92 bits per heavy atom. The van der Waals surface area contributed by atoms with Gasteiger partial charge in [0.2, 0.25) is 0 Å². The molecule has 1 saturated heterocycles. The number of hydrogen-bond donors (Lipinski definition) is 3. The van der Waals surface area contributed by atoms with Crippen LogP contribution in [0.4, 0.5) is 0 Å². The fourth-order valence-corrected chi connectivity index (χ4v) is 2.14. The van der Waals surface area contributed by atoms with Gasteiger partial charge in [-0.2, -0.15) is 0 Å². The molecule has 13 heavy (non-hydrogen) atoms. The van der Waals surface area contributed by atoms with E-state index < -0.39 is 12.2 Å². The van der Waals surface area contributed by atoms with Crippen molar-refractivity contribution in [1.29, 1.82) is 0 Å². The number of β-amino-alcohol motifs (C(OH)–C–C–N with tert-alkyl or cyclic N) is 1. The molecular formula is C6H15NO4P2. The van der Waals surface area contributed by atoms with Crippen LogP contribution >= 0.6 is 18.9 Å². The molecule has 1 aliphatic heterocycles. The van der Waals surface area contributed by atoms with Crippen LogP contribution in [0.2, 0.25) is 0 Å². The second kappa shape index (κ2) is 5.52. The molecule has 0 saturated carbocycles. The van der Waals surface area contributed by atoms with Crippen molar-refractivity contribution >= 4 is 18.9 Å². The summed E-state index contributed by atoms with van der Waals surface area (Å²) < 4.78 is 10.1. The molecule has 0 spiro atoms. The van der Waals surface area contributed by atoms with E-state index in [0.717, 1.165) is 0 Å². The van der Waals surface area contributed by atoms with Crippen molar-refractivity contribution in [1.82, 2.24) is 5.32 Å². The Hall–Kier alpha value is 0.660. The average molecular weight is 227 g/mol. The van der Waals surface area contributed by atoms with Crippen LogP contribution in [-0.2, 0) is 9.05 Å². The third-order valence-corrected chi connectivity index (χ3v) is 2.83. The van der Waals surface area contributed by atoms with E-state index in [-0.39, 0.29) is 18.8 Å². The first kappa shape index (κ1) is 11.7. The highest BCUT2D eigenvalue weighted by atomic mass is 31.0. The second-order valence-electron chi connectivity index (χ2n) is 2.97. The zero-order valence-electron chi connectivity index (χ0n) is 7.09. The molecule has 1 heterocycles. The second-order valence-corrected chi connectivity index (χ2v) is 3.51. The maximum atomic E-state index is 9.51. The largest absolute Gasteiger partial charge is 0.395 e. The molecule has 0 aliphatic carbocycles. The Morgan fingerprint density at radius 3 is 2.38 bits per heavy atom. The van der Waals surface area contributed by atoms with Crippen molar-refractivity contribution in [2.24, 2.45) is 0 Å². The molecule has 0 aromatic heterocycles. The first-order valence-electron chi connectivity index (χ1n) is 3.98. The normalized spacial score (nSPS) is 40.6. The molecule has 7 heteroatoms. The Morgan fingerprint density at radius 1 is 1.31 bits per heavy atom. The number of hydrogen-bond acceptors (Lipinski definition) is 5. The minimum Gasteiger partial charge on any atom is -0.395 e. The van der Waals surface area contributed by atoms with Gasteiger partial charge in [0.25, 0.3) is 0 Å². The van der Waals surface area contributed by atoms with E-state index in [2.05, 4.69) is 24.3 Å². The molecule has 5 nitrogen and oxygen atoms in total. The maximum absolute atomic E-state index is 9.51. The van der Waals surface area contributed by atoms with E-state index in [1.165, 1.54) is 0 Å². The van der Waals surface area contributed by atoms with Crippen molar-refractivity contribution in [3.63, 3.8) is 0 Å². The fourth-order valence-electron chi connectivity index (χ4n) is 1.46. The van der Waals surface area contributed by atoms with Gasteiger partial charge in [0.05, 0.1) is 18.8 Å². The molecule has 0 bridgehead atoms. The summed E-state index contributed by atoms with van der Waals surface area (Å²) in [5.41, 5.74) is 0. The smallest absolute Gasteiger partial charge is 0.116 e. The van der Waals surface area contributed by atoms with Crippen LogP contribution in [0.1, 0.15) is 0 Å². The monoisotopic (exact) mass is 227 g/mol. The van der Waals surface area contributed by atoms with Crippen molar-refractivity contribution < 1.29 is 19.3 Å². The van der Waals surface area contributed by atoms with Crippen molar-refractivity contribution in [3.8, 4) is 0 Å². The highest BCUT2D eigenvalue weighted by Gasteiger charge is 2.38. The molecule has 0 aromatic rings. The van der Waals surface area contributed by atoms with Gasteiger partial charge < -0.3 is 24.6 Å². The predicted molar refractivity (Wildman–Crippen MR) is 54.0 cm³/mol. The lowest BCUT2D eigenvalue weighted by Crippen LogP contribution is -2.61. The molecule has 0 amide bonds. The van der Waals surface area contributed by atoms with Gasteiger partial charge in [-0.05, 0) is 0 Å². The van der Waals surface area contributed by atoms with Crippen LogP contribution in [0, 0.1) is 0 Å². The van der Waals surface area contributed by atoms with E-state index in [1.807, 2.05) is 0 Å². The first-order valence-corrected chi connectivity index (χ1v) is 4.92. The third kappa shape index (κ3) is 2.57. The summed E-state index contributed by atoms with van der Waals surface area (Å²) in [5, 5.41) is 21.5. The molecule has 6 unspecified atom stereocenters. The molecule has 3 N–H and O–H groups in total. The number of rotatable bonds is 3. The van der Waals surface area contributed by atoms with Gasteiger partial charge in [0.1, 0.15) is 12.2 Å². The number of piperidine rings is 1. The van der Waals surface area contributed by atoms with Crippen molar-refractivity contribution in [3.05, 3.63) is 0 Å². The van der Waals surface area contributed by atoms with Gasteiger partial charge in [-0.15, -0.1) is 0 Å². The molecule has 0 radical (unpaired) electrons. The fraction of sp³-hybridized carbons (Fsp3) is 1.00. The summed E-state index contributed by atoms with van der Waals surface area (Å²) in [5.74, 6) is 0. The van der Waals surface area contributed by atoms with Crippen LogP contribution in [0.3, 0.4) is 0 Å². The lowest BCUT2D eigenvalue weighted by atomic mass is 9.97. The van der Waals surface area contributed by atoms with E-state index in [4.69, 9.17) is 14.2 Å². The quantitative estimate of drug-likeness (QED) is 0.521. The summed E-state index contributed by atoms with van der Waals surface area (Å²) >= 11 is 0. The molecule has 1 rings (SSSR count). The number of aliphatic hydroxyl groups excluding tert-OH is 2. The zero-order valence-corrected chi connectivity index (χ0v) is 9.40. The third-order valence-electron chi connectivity index (χ3n) is 2.20. The SMILES string of the molecule is OCC1NCC(O)C(OP)C1OP. The van der Waals surface area contributed by atoms with E-state index in [9.17, 15) is 5.11 Å². The standard InChI is InChI=1S/C6H15NO4P2/c8-2-3-5(10-12)6(11-13)4(9)1-7-3/h3-9H,1-2,12-13H2. The lowest BCUT2D eigenvalue weighted by molar-refractivity contribution is -0.0652. The summed E-state index contributed by atoms with van der Waals surface area (Å²) in [6, 6.07) is -0.202. The molecule has 1 fully saturated rings. The van der Waals surface area contributed by atoms with Gasteiger partial charge in [-0.3, -0.25) is 0 Å². The van der Waals surface area contributed by atoms with Crippen LogP contribution in [0.5, 0.6) is 0 Å². The molecule has 1 aliphatic rings. The van der Waals surface area contributed by atoms with Gasteiger partial charge in [-0.1, -0.05) is 0 Å². The summed E-state index contributed by atoms with van der Waals surface area (Å²) in [4.78, 5) is 0. The first-order chi connectivity index (χ1) is 6.24. The minimum absolute atomic E-state index is 0.0453. The van der Waals surface area contributed by atoms with Crippen LogP contribution in [0.15, 0.2) is 0 Å². The molecule has 6 atom stereocenters. The van der Waals surface area contributed by atoms with Crippen LogP contribution in [-0.4, -0.2) is 47.7 Å². The Kier molecular flexibility index (Phi) is 4.98. The van der Waals surface area contributed by atoms with E-state index >= 15 is 0 Å². The average Bonchev–Trinajstić information content (AvgIpc) is 2.17. The van der Waals surface area contributed by atoms with Crippen LogP contribution in [0.25, 0.3) is 0 Å². The van der Waals surface area contributed by atoms with Crippen molar-refractivity contribution in [2.75, 3.05) is 13.2 Å². The zero-order chi connectivity index (χ0) is 9.84. The topological polar surface area (TPSA) is 71.0 Å². The summed E-state index contributed by atoms with van der Waals surface area (Å²) in [6.07, 6.45) is -1.41. The minimum atomic E-state index is -0.620. The Bertz CT molecular complexity index is 162. The summed E-state index contributed by atoms with van der Waals surface area (Å²) in [6.45, 7) is 0.352. The Balaban J connectivity index is 2.64. The van der Waals surface area contributed by atoms with Gasteiger partial charge in [-0.25, -0.2) is 0 Å². The van der Waals surface area contributed by atoms with Gasteiger partial charge in [0, 0.05) is 25.5 Å². The lowest BCUT2D eigenvalue weighted by Gasteiger charge is -2.38. The maximum Gasteiger partial charge on any atom is 0.116 e. The van der Waals surface area contributed by atoms with E-state index in [1.54, 1.807) is 0 Å². The van der Waals surface area contributed by atoms with Gasteiger partial charge >= 0.3 is 0 Å². The van der Waals surface area contributed by atoms with Gasteiger partial charge in [0.15, 0.2) is 0 Å². The predicted octanol–water partition coefficient (Wildman–Crippen LogP) is -1.34. The summed E-state index contributed by atoms with van der Waals surface area (Å²) in [7, 11) is 4.22. The van der Waals surface area contributed by atoms with Crippen molar-refractivity contribution in [2.45, 2.75) is 24.4 Å². The molecular weight excluding hydrogens is 212 g/mol. The highest BCUT2D eigenvalue weighted by Crippen LogP contribution is 2.21. The highest BCUT2D eigenvalue weighted by molar-refractivity contribution is 7.10. The van der Waals surface area contributed by atoms with Crippen LogP contribution < -0.4 is 5.32 Å². The molecule has 78 valence electrons. The Labute approximate surface area is 81.8 Å². The number of aliphatic hydroxyl groups is 2. The molecule has 0 aromatic carbocycles. The van der Waals surface area contributed by atoms with E-state index in [0.29, 0.717) is 6.54 Å². The number of nitrogens with one attached hydrogen (secondary N) is 1.